The first kappa shape index (κ1) is 18.4. The number of Topliss-reactive ketones (excluding diaryl/α,β-unsaturated/α-hetero) is 1. The van der Waals surface area contributed by atoms with E-state index in [0.717, 1.165) is 11.3 Å². The topological polar surface area (TPSA) is 72.5 Å². The van der Waals surface area contributed by atoms with Crippen LogP contribution in [0.2, 0.25) is 0 Å². The van der Waals surface area contributed by atoms with E-state index in [-0.39, 0.29) is 23.9 Å². The van der Waals surface area contributed by atoms with Crippen LogP contribution in [0, 0.1) is 6.92 Å². The predicted molar refractivity (Wildman–Crippen MR) is 97.1 cm³/mol. The number of anilines is 1. The van der Waals surface area contributed by atoms with Crippen molar-refractivity contribution in [3.8, 4) is 0 Å². The lowest BCUT2D eigenvalue weighted by Gasteiger charge is -2.08. The number of carbonyl (C=O) groups excluding carboxylic acids is 3. The van der Waals surface area contributed by atoms with Crippen LogP contribution in [-0.2, 0) is 4.74 Å². The number of ketones is 1. The standard InChI is InChI=1S/C17H16BrNO4S/c1-4-23-17(22)13-9(2)14(10(3)20)24-16(13)19-15(21)11-7-5-6-8-12(11)18/h5-8H,4H2,1-3H3,(H,19,21). The minimum absolute atomic E-state index is 0.163. The average molecular weight is 410 g/mol. The molecule has 1 heterocycles. The number of carbonyl (C=O) groups is 3. The van der Waals surface area contributed by atoms with Gasteiger partial charge < -0.3 is 10.1 Å². The zero-order valence-corrected chi connectivity index (χ0v) is 15.8. The number of halogens is 1. The summed E-state index contributed by atoms with van der Waals surface area (Å²) >= 11 is 4.40. The van der Waals surface area contributed by atoms with E-state index in [9.17, 15) is 14.4 Å². The summed E-state index contributed by atoms with van der Waals surface area (Å²) in [6, 6.07) is 6.96. The van der Waals surface area contributed by atoms with Crippen molar-refractivity contribution >= 4 is 49.9 Å². The number of esters is 1. The van der Waals surface area contributed by atoms with E-state index >= 15 is 0 Å². The van der Waals surface area contributed by atoms with Gasteiger partial charge in [0.05, 0.1) is 22.6 Å². The van der Waals surface area contributed by atoms with Crippen molar-refractivity contribution in [1.29, 1.82) is 0 Å². The monoisotopic (exact) mass is 409 g/mol. The summed E-state index contributed by atoms with van der Waals surface area (Å²) in [5.41, 5.74) is 1.18. The van der Waals surface area contributed by atoms with Gasteiger partial charge in [0.15, 0.2) is 5.78 Å². The van der Waals surface area contributed by atoms with Crippen LogP contribution in [-0.4, -0.2) is 24.3 Å². The molecule has 0 bridgehead atoms. The molecule has 1 aromatic carbocycles. The molecule has 0 atom stereocenters. The predicted octanol–water partition coefficient (Wildman–Crippen LogP) is 4.45. The van der Waals surface area contributed by atoms with E-state index in [0.29, 0.717) is 25.5 Å². The molecule has 126 valence electrons. The Bertz CT molecular complexity index is 813. The molecule has 0 radical (unpaired) electrons. The van der Waals surface area contributed by atoms with Gasteiger partial charge in [0.1, 0.15) is 5.00 Å². The highest BCUT2D eigenvalue weighted by Gasteiger charge is 2.25. The minimum atomic E-state index is -0.554. The summed E-state index contributed by atoms with van der Waals surface area (Å²) in [5.74, 6) is -1.09. The number of ether oxygens (including phenoxy) is 1. The third kappa shape index (κ3) is 3.73. The van der Waals surface area contributed by atoms with Crippen molar-refractivity contribution < 1.29 is 19.1 Å². The number of benzene rings is 1. The van der Waals surface area contributed by atoms with Gasteiger partial charge in [-0.25, -0.2) is 4.79 Å². The highest BCUT2D eigenvalue weighted by atomic mass is 79.9. The zero-order valence-electron chi connectivity index (χ0n) is 13.4. The molecule has 0 saturated carbocycles. The first-order valence-corrected chi connectivity index (χ1v) is 8.85. The molecule has 5 nitrogen and oxygen atoms in total. The number of rotatable bonds is 5. The molecule has 7 heteroatoms. The molecule has 2 aromatic rings. The molecular formula is C17H16BrNO4S. The summed E-state index contributed by atoms with van der Waals surface area (Å²) in [7, 11) is 0. The zero-order chi connectivity index (χ0) is 17.9. The van der Waals surface area contributed by atoms with E-state index in [1.54, 1.807) is 38.1 Å². The second kappa shape index (κ2) is 7.72. The van der Waals surface area contributed by atoms with Gasteiger partial charge in [0.25, 0.3) is 5.91 Å². The summed E-state index contributed by atoms with van der Waals surface area (Å²) in [4.78, 5) is 36.9. The lowest BCUT2D eigenvalue weighted by molar-refractivity contribution is 0.0527. The first-order chi connectivity index (χ1) is 11.4. The Balaban J connectivity index is 2.44. The Kier molecular flexibility index (Phi) is 5.90. The lowest BCUT2D eigenvalue weighted by atomic mass is 10.1. The Labute approximate surface area is 152 Å². The summed E-state index contributed by atoms with van der Waals surface area (Å²) in [6.45, 7) is 5.01. The maximum absolute atomic E-state index is 12.5. The molecule has 0 fully saturated rings. The fourth-order valence-corrected chi connectivity index (χ4v) is 3.75. The third-order valence-corrected chi connectivity index (χ3v) is 5.29. The SMILES string of the molecule is CCOC(=O)c1c(NC(=O)c2ccccc2Br)sc(C(C)=O)c1C. The molecule has 2 rings (SSSR count). The van der Waals surface area contributed by atoms with E-state index in [2.05, 4.69) is 21.2 Å². The van der Waals surface area contributed by atoms with Crippen LogP contribution in [0.15, 0.2) is 28.7 Å². The van der Waals surface area contributed by atoms with E-state index in [4.69, 9.17) is 4.74 Å². The quantitative estimate of drug-likeness (QED) is 0.584. The van der Waals surface area contributed by atoms with Crippen LogP contribution >= 0.6 is 27.3 Å². The van der Waals surface area contributed by atoms with Crippen molar-refractivity contribution in [2.45, 2.75) is 20.8 Å². The normalized spacial score (nSPS) is 10.3. The summed E-state index contributed by atoms with van der Waals surface area (Å²) in [6.07, 6.45) is 0. The minimum Gasteiger partial charge on any atom is -0.462 e. The number of hydrogen-bond acceptors (Lipinski definition) is 5. The van der Waals surface area contributed by atoms with Crippen molar-refractivity contribution in [3.05, 3.63) is 50.3 Å². The van der Waals surface area contributed by atoms with Gasteiger partial charge in [-0.1, -0.05) is 12.1 Å². The molecule has 24 heavy (non-hydrogen) atoms. The fourth-order valence-electron chi connectivity index (χ4n) is 2.20. The third-order valence-electron chi connectivity index (χ3n) is 3.29. The van der Waals surface area contributed by atoms with E-state index in [1.807, 2.05) is 0 Å². The molecule has 0 spiro atoms. The molecular weight excluding hydrogens is 394 g/mol. The lowest BCUT2D eigenvalue weighted by Crippen LogP contribution is -2.15. The van der Waals surface area contributed by atoms with Crippen molar-refractivity contribution in [2.24, 2.45) is 0 Å². The van der Waals surface area contributed by atoms with Crippen LogP contribution in [0.4, 0.5) is 5.00 Å². The Hall–Kier alpha value is -1.99. The second-order valence-electron chi connectivity index (χ2n) is 4.97. The van der Waals surface area contributed by atoms with Crippen molar-refractivity contribution in [3.63, 3.8) is 0 Å². The molecule has 1 aromatic heterocycles. The molecule has 0 saturated heterocycles. The highest BCUT2D eigenvalue weighted by Crippen LogP contribution is 2.34. The van der Waals surface area contributed by atoms with Crippen LogP contribution in [0.1, 0.15) is 49.8 Å². The van der Waals surface area contributed by atoms with Crippen LogP contribution in [0.25, 0.3) is 0 Å². The van der Waals surface area contributed by atoms with Gasteiger partial charge in [-0.3, -0.25) is 9.59 Å². The first-order valence-electron chi connectivity index (χ1n) is 7.24. The van der Waals surface area contributed by atoms with Gasteiger partial charge in [0.2, 0.25) is 0 Å². The van der Waals surface area contributed by atoms with Crippen molar-refractivity contribution in [1.82, 2.24) is 0 Å². The Morgan fingerprint density at radius 3 is 2.50 bits per heavy atom. The van der Waals surface area contributed by atoms with Gasteiger partial charge in [-0.2, -0.15) is 0 Å². The van der Waals surface area contributed by atoms with Crippen LogP contribution < -0.4 is 5.32 Å². The summed E-state index contributed by atoms with van der Waals surface area (Å²) < 4.78 is 5.69. The van der Waals surface area contributed by atoms with Crippen LogP contribution in [0.3, 0.4) is 0 Å². The fraction of sp³-hybridized carbons (Fsp3) is 0.235. The maximum atomic E-state index is 12.5. The molecule has 0 unspecified atom stereocenters. The van der Waals surface area contributed by atoms with Crippen LogP contribution in [0.5, 0.6) is 0 Å². The maximum Gasteiger partial charge on any atom is 0.341 e. The molecule has 0 aliphatic heterocycles. The Morgan fingerprint density at radius 2 is 1.92 bits per heavy atom. The van der Waals surface area contributed by atoms with Gasteiger partial charge in [-0.15, -0.1) is 11.3 Å². The van der Waals surface area contributed by atoms with E-state index in [1.165, 1.54) is 6.92 Å². The number of amides is 1. The number of thiophene rings is 1. The molecule has 1 amide bonds. The molecule has 0 aliphatic rings. The highest BCUT2D eigenvalue weighted by molar-refractivity contribution is 9.10. The molecule has 1 N–H and O–H groups in total. The van der Waals surface area contributed by atoms with Gasteiger partial charge in [0, 0.05) is 4.47 Å². The molecule has 0 aliphatic carbocycles. The number of hydrogen-bond donors (Lipinski definition) is 1. The van der Waals surface area contributed by atoms with Gasteiger partial charge >= 0.3 is 5.97 Å². The van der Waals surface area contributed by atoms with Gasteiger partial charge in [-0.05, 0) is 54.4 Å². The second-order valence-corrected chi connectivity index (χ2v) is 6.85. The van der Waals surface area contributed by atoms with Crippen molar-refractivity contribution in [2.75, 3.05) is 11.9 Å². The Morgan fingerprint density at radius 1 is 1.25 bits per heavy atom. The number of nitrogens with one attached hydrogen (secondary N) is 1. The summed E-state index contributed by atoms with van der Waals surface area (Å²) in [5, 5.41) is 3.04. The van der Waals surface area contributed by atoms with E-state index < -0.39 is 5.97 Å². The smallest absolute Gasteiger partial charge is 0.341 e. The average Bonchev–Trinajstić information content (AvgIpc) is 2.84. The largest absolute Gasteiger partial charge is 0.462 e.